The van der Waals surface area contributed by atoms with Gasteiger partial charge in [-0.1, -0.05) is 24.3 Å². The van der Waals surface area contributed by atoms with Gasteiger partial charge < -0.3 is 9.31 Å². The first-order valence-electron chi connectivity index (χ1n) is 7.53. The Balaban J connectivity index is 1.86. The van der Waals surface area contributed by atoms with E-state index in [1.807, 2.05) is 12.1 Å². The molecule has 2 aliphatic rings. The molecule has 3 rings (SSSR count). The van der Waals surface area contributed by atoms with Gasteiger partial charge in [-0.25, -0.2) is 0 Å². The smallest absolute Gasteiger partial charge is 0.399 e. The minimum Gasteiger partial charge on any atom is -0.399 e. The van der Waals surface area contributed by atoms with Crippen LogP contribution in [0.4, 0.5) is 0 Å². The number of hydrogen-bond acceptors (Lipinski definition) is 4. The molecule has 0 saturated carbocycles. The Kier molecular flexibility index (Phi) is 3.37. The summed E-state index contributed by atoms with van der Waals surface area (Å²) in [5, 5.41) is 6.53. The maximum absolute atomic E-state index is 6.12. The fourth-order valence-electron chi connectivity index (χ4n) is 2.62. The molecule has 0 aliphatic carbocycles. The summed E-state index contributed by atoms with van der Waals surface area (Å²) in [5.41, 5.74) is 2.74. The van der Waals surface area contributed by atoms with Crippen LogP contribution >= 0.6 is 0 Å². The predicted molar refractivity (Wildman–Crippen MR) is 85.9 cm³/mol. The molecule has 2 heterocycles. The van der Waals surface area contributed by atoms with Crippen molar-refractivity contribution in [2.75, 3.05) is 13.6 Å². The fraction of sp³-hybridized carbons (Fsp3) is 0.562. The van der Waals surface area contributed by atoms with Gasteiger partial charge in [-0.3, -0.25) is 5.01 Å². The van der Waals surface area contributed by atoms with E-state index in [-0.39, 0.29) is 18.3 Å². The van der Waals surface area contributed by atoms with Gasteiger partial charge in [0.05, 0.1) is 16.9 Å². The van der Waals surface area contributed by atoms with Gasteiger partial charge in [0.25, 0.3) is 0 Å². The first-order valence-corrected chi connectivity index (χ1v) is 7.53. The van der Waals surface area contributed by atoms with Gasteiger partial charge in [0.2, 0.25) is 0 Å². The Morgan fingerprint density at radius 3 is 2.38 bits per heavy atom. The van der Waals surface area contributed by atoms with Gasteiger partial charge in [-0.2, -0.15) is 5.10 Å². The zero-order chi connectivity index (χ0) is 15.3. The number of hydrazone groups is 1. The first kappa shape index (κ1) is 14.6. The van der Waals surface area contributed by atoms with Crippen LogP contribution in [0.2, 0.25) is 0 Å². The molecule has 0 aromatic heterocycles. The lowest BCUT2D eigenvalue weighted by molar-refractivity contribution is 0.00578. The third-order valence-electron chi connectivity index (χ3n) is 4.71. The summed E-state index contributed by atoms with van der Waals surface area (Å²) in [6, 6.07) is 8.36. The van der Waals surface area contributed by atoms with E-state index in [1.165, 1.54) is 0 Å². The second kappa shape index (κ2) is 4.85. The molecule has 0 radical (unpaired) electrons. The molecule has 21 heavy (non-hydrogen) atoms. The minimum absolute atomic E-state index is 0.307. The molecule has 5 heteroatoms. The number of hydrogen-bond donors (Lipinski definition) is 0. The van der Waals surface area contributed by atoms with Crippen molar-refractivity contribution in [2.45, 2.75) is 45.3 Å². The van der Waals surface area contributed by atoms with Crippen LogP contribution in [0.15, 0.2) is 29.4 Å². The molecule has 0 atom stereocenters. The predicted octanol–water partition coefficient (Wildman–Crippen LogP) is 2.03. The Labute approximate surface area is 127 Å². The molecule has 1 aromatic rings. The highest BCUT2D eigenvalue weighted by atomic mass is 16.7. The highest BCUT2D eigenvalue weighted by Crippen LogP contribution is 2.36. The van der Waals surface area contributed by atoms with E-state index < -0.39 is 0 Å². The van der Waals surface area contributed by atoms with E-state index in [0.717, 1.165) is 29.7 Å². The molecule has 0 bridgehead atoms. The summed E-state index contributed by atoms with van der Waals surface area (Å²) in [4.78, 5) is 0. The van der Waals surface area contributed by atoms with Crippen molar-refractivity contribution in [1.29, 1.82) is 0 Å². The zero-order valence-corrected chi connectivity index (χ0v) is 13.5. The normalized spacial score (nSPS) is 23.6. The van der Waals surface area contributed by atoms with Crippen molar-refractivity contribution in [1.82, 2.24) is 5.01 Å². The van der Waals surface area contributed by atoms with Crippen LogP contribution in [-0.2, 0) is 9.31 Å². The third kappa shape index (κ3) is 2.60. The maximum atomic E-state index is 6.12. The van der Waals surface area contributed by atoms with E-state index in [9.17, 15) is 0 Å². The van der Waals surface area contributed by atoms with Crippen LogP contribution in [0.5, 0.6) is 0 Å². The average Bonchev–Trinajstić information content (AvgIpc) is 2.92. The summed E-state index contributed by atoms with van der Waals surface area (Å²) < 4.78 is 12.2. The Hall–Kier alpha value is -1.33. The van der Waals surface area contributed by atoms with E-state index in [4.69, 9.17) is 9.31 Å². The minimum atomic E-state index is -0.310. The average molecular weight is 286 g/mol. The van der Waals surface area contributed by atoms with E-state index in [2.05, 4.69) is 57.1 Å². The number of nitrogens with zero attached hydrogens (tertiary/aromatic N) is 2. The molecule has 112 valence electrons. The molecule has 1 aromatic carbocycles. The van der Waals surface area contributed by atoms with Crippen LogP contribution in [0, 0.1) is 0 Å². The second-order valence-corrected chi connectivity index (χ2v) is 6.89. The van der Waals surface area contributed by atoms with E-state index in [1.54, 1.807) is 0 Å². The van der Waals surface area contributed by atoms with Crippen molar-refractivity contribution >= 4 is 18.3 Å². The van der Waals surface area contributed by atoms with Crippen molar-refractivity contribution in [3.63, 3.8) is 0 Å². The van der Waals surface area contributed by atoms with E-state index >= 15 is 0 Å². The van der Waals surface area contributed by atoms with Crippen LogP contribution in [0.25, 0.3) is 0 Å². The monoisotopic (exact) mass is 286 g/mol. The summed E-state index contributed by atoms with van der Waals surface area (Å²) in [6.45, 7) is 9.29. The van der Waals surface area contributed by atoms with Crippen LogP contribution in [0.1, 0.15) is 39.7 Å². The van der Waals surface area contributed by atoms with Crippen LogP contribution < -0.4 is 5.46 Å². The zero-order valence-electron chi connectivity index (χ0n) is 13.5. The van der Waals surface area contributed by atoms with Gasteiger partial charge in [0.15, 0.2) is 0 Å². The Morgan fingerprint density at radius 2 is 1.81 bits per heavy atom. The topological polar surface area (TPSA) is 34.1 Å². The van der Waals surface area contributed by atoms with E-state index in [0.29, 0.717) is 0 Å². The lowest BCUT2D eigenvalue weighted by atomic mass is 9.78. The standard InChI is InChI=1S/C16H23BN2O2/c1-15(2)16(3,4)21-17(20-15)13-8-6-7-12(11-13)14-9-10-19(5)18-14/h6-8,11H,9-10H2,1-5H3. The summed E-state index contributed by atoms with van der Waals surface area (Å²) in [6.07, 6.45) is 0.989. The van der Waals surface area contributed by atoms with Crippen LogP contribution in [0.3, 0.4) is 0 Å². The summed E-state index contributed by atoms with van der Waals surface area (Å²) >= 11 is 0. The Morgan fingerprint density at radius 1 is 1.14 bits per heavy atom. The van der Waals surface area contributed by atoms with Crippen molar-refractivity contribution < 1.29 is 9.31 Å². The Bertz CT molecular complexity index is 567. The lowest BCUT2D eigenvalue weighted by Crippen LogP contribution is -2.41. The molecule has 0 unspecified atom stereocenters. The number of benzene rings is 1. The van der Waals surface area contributed by atoms with Crippen molar-refractivity contribution in [3.8, 4) is 0 Å². The van der Waals surface area contributed by atoms with Gasteiger partial charge >= 0.3 is 7.12 Å². The highest BCUT2D eigenvalue weighted by Gasteiger charge is 2.51. The molecule has 2 aliphatic heterocycles. The van der Waals surface area contributed by atoms with Crippen molar-refractivity contribution in [3.05, 3.63) is 29.8 Å². The van der Waals surface area contributed by atoms with Gasteiger partial charge in [0.1, 0.15) is 0 Å². The lowest BCUT2D eigenvalue weighted by Gasteiger charge is -2.32. The highest BCUT2D eigenvalue weighted by molar-refractivity contribution is 6.62. The quantitative estimate of drug-likeness (QED) is 0.780. The van der Waals surface area contributed by atoms with Gasteiger partial charge in [0, 0.05) is 20.0 Å². The second-order valence-electron chi connectivity index (χ2n) is 6.89. The molecule has 1 fully saturated rings. The van der Waals surface area contributed by atoms with Crippen molar-refractivity contribution in [2.24, 2.45) is 5.10 Å². The first-order chi connectivity index (χ1) is 9.78. The van der Waals surface area contributed by atoms with Gasteiger partial charge in [-0.15, -0.1) is 0 Å². The SMILES string of the molecule is CN1CCC(c2cccc(B3OC(C)(C)C(C)(C)O3)c2)=N1. The maximum Gasteiger partial charge on any atom is 0.494 e. The molecular formula is C16H23BN2O2. The third-order valence-corrected chi connectivity index (χ3v) is 4.71. The summed E-state index contributed by atoms with van der Waals surface area (Å²) in [7, 11) is 1.69. The fourth-order valence-corrected chi connectivity index (χ4v) is 2.62. The largest absolute Gasteiger partial charge is 0.494 e. The summed E-state index contributed by atoms with van der Waals surface area (Å²) in [5.74, 6) is 0. The molecule has 0 amide bonds. The molecule has 4 nitrogen and oxygen atoms in total. The molecular weight excluding hydrogens is 263 g/mol. The van der Waals surface area contributed by atoms with Crippen LogP contribution in [-0.4, -0.2) is 42.6 Å². The molecule has 1 saturated heterocycles. The molecule has 0 N–H and O–H groups in total. The number of rotatable bonds is 2. The molecule has 0 spiro atoms. The van der Waals surface area contributed by atoms with Gasteiger partial charge in [-0.05, 0) is 38.7 Å².